The maximum absolute atomic E-state index is 12.7. The van der Waals surface area contributed by atoms with Crippen molar-refractivity contribution in [3.63, 3.8) is 0 Å². The molecule has 0 aliphatic heterocycles. The van der Waals surface area contributed by atoms with Gasteiger partial charge in [-0.3, -0.25) is 9.59 Å². The molecule has 3 aromatic carbocycles. The summed E-state index contributed by atoms with van der Waals surface area (Å²) >= 11 is 0. The standard InChI is InChI=1S/C28H28O5/c1-19-27(13-12-25(28(19)31)26(30)15-20-6-2-3-7-20)32-17-21-8-4-9-22(14-21)23-10-5-11-24(16-23)33-18-29/h4-5,8-14,16,18,20,31H,2-3,6-7,15,17H2,1H3. The average molecular weight is 445 g/mol. The number of aromatic hydroxyl groups is 1. The summed E-state index contributed by atoms with van der Waals surface area (Å²) in [5.74, 6) is 1.49. The second kappa shape index (κ2) is 10.3. The largest absolute Gasteiger partial charge is 0.507 e. The normalized spacial score (nSPS) is 13.6. The van der Waals surface area contributed by atoms with Crippen LogP contribution >= 0.6 is 0 Å². The lowest BCUT2D eigenvalue weighted by Crippen LogP contribution is -2.07. The molecule has 0 spiro atoms. The molecule has 1 saturated carbocycles. The van der Waals surface area contributed by atoms with Crippen molar-refractivity contribution in [2.45, 2.75) is 45.6 Å². The number of Topliss-reactive ketones (excluding diaryl/α,β-unsaturated/α-hetero) is 1. The van der Waals surface area contributed by atoms with Gasteiger partial charge in [-0.15, -0.1) is 0 Å². The molecule has 0 saturated heterocycles. The third-order valence-electron chi connectivity index (χ3n) is 6.30. The molecule has 0 heterocycles. The highest BCUT2D eigenvalue weighted by Gasteiger charge is 2.22. The van der Waals surface area contributed by atoms with Crippen LogP contribution in [0.25, 0.3) is 11.1 Å². The lowest BCUT2D eigenvalue weighted by Gasteiger charge is -2.14. The molecule has 0 atom stereocenters. The summed E-state index contributed by atoms with van der Waals surface area (Å²) in [5.41, 5.74) is 3.80. The zero-order valence-electron chi connectivity index (χ0n) is 18.8. The van der Waals surface area contributed by atoms with Crippen LogP contribution in [0.2, 0.25) is 0 Å². The second-order valence-electron chi connectivity index (χ2n) is 8.59. The van der Waals surface area contributed by atoms with Crippen molar-refractivity contribution in [3.8, 4) is 28.4 Å². The summed E-state index contributed by atoms with van der Waals surface area (Å²) in [6.07, 6.45) is 5.07. The lowest BCUT2D eigenvalue weighted by molar-refractivity contribution is -0.120. The van der Waals surface area contributed by atoms with E-state index in [2.05, 4.69) is 0 Å². The van der Waals surface area contributed by atoms with Crippen molar-refractivity contribution >= 4 is 12.3 Å². The molecule has 0 amide bonds. The molecule has 0 radical (unpaired) electrons. The van der Waals surface area contributed by atoms with Crippen molar-refractivity contribution in [1.29, 1.82) is 0 Å². The Hall–Kier alpha value is -3.60. The Morgan fingerprint density at radius 2 is 1.76 bits per heavy atom. The predicted octanol–water partition coefficient (Wildman–Crippen LogP) is 6.24. The first-order chi connectivity index (χ1) is 16.0. The minimum Gasteiger partial charge on any atom is -0.507 e. The van der Waals surface area contributed by atoms with Gasteiger partial charge in [0.2, 0.25) is 0 Å². The van der Waals surface area contributed by atoms with Crippen LogP contribution in [0.1, 0.15) is 53.6 Å². The first kappa shape index (κ1) is 22.6. The zero-order chi connectivity index (χ0) is 23.2. The summed E-state index contributed by atoms with van der Waals surface area (Å²) in [7, 11) is 0. The molecule has 0 aromatic heterocycles. The van der Waals surface area contributed by atoms with Crippen molar-refractivity contribution in [1.82, 2.24) is 0 Å². The van der Waals surface area contributed by atoms with Crippen molar-refractivity contribution in [3.05, 3.63) is 77.4 Å². The third-order valence-corrected chi connectivity index (χ3v) is 6.30. The predicted molar refractivity (Wildman–Crippen MR) is 127 cm³/mol. The topological polar surface area (TPSA) is 72.8 Å². The second-order valence-corrected chi connectivity index (χ2v) is 8.59. The maximum Gasteiger partial charge on any atom is 0.298 e. The molecule has 0 unspecified atom stereocenters. The van der Waals surface area contributed by atoms with Gasteiger partial charge in [0, 0.05) is 12.0 Å². The number of phenolic OH excluding ortho intramolecular Hbond substituents is 1. The summed E-state index contributed by atoms with van der Waals surface area (Å²) in [5, 5.41) is 10.6. The number of hydrogen-bond acceptors (Lipinski definition) is 5. The number of carbonyl (C=O) groups excluding carboxylic acids is 2. The summed E-state index contributed by atoms with van der Waals surface area (Å²) in [4.78, 5) is 23.3. The number of carbonyl (C=O) groups is 2. The molecule has 1 fully saturated rings. The molecule has 0 bridgehead atoms. The van der Waals surface area contributed by atoms with E-state index >= 15 is 0 Å². The molecule has 1 aliphatic carbocycles. The van der Waals surface area contributed by atoms with Gasteiger partial charge >= 0.3 is 0 Å². The highest BCUT2D eigenvalue weighted by Crippen LogP contribution is 2.35. The first-order valence-electron chi connectivity index (χ1n) is 11.3. The lowest BCUT2D eigenvalue weighted by atomic mass is 9.95. The SMILES string of the molecule is Cc1c(OCc2cccc(-c3cccc(OC=O)c3)c2)ccc(C(=O)CC2CCCC2)c1O. The summed E-state index contributed by atoms with van der Waals surface area (Å²) in [6.45, 7) is 2.49. The molecular weight excluding hydrogens is 416 g/mol. The third kappa shape index (κ3) is 5.43. The number of phenols is 1. The Bertz CT molecular complexity index is 1140. The van der Waals surface area contributed by atoms with Crippen LogP contribution in [0.15, 0.2) is 60.7 Å². The Labute approximate surface area is 194 Å². The van der Waals surface area contributed by atoms with Crippen LogP contribution in [-0.4, -0.2) is 17.4 Å². The van der Waals surface area contributed by atoms with Crippen LogP contribution in [0.5, 0.6) is 17.2 Å². The maximum atomic E-state index is 12.7. The zero-order valence-corrected chi connectivity index (χ0v) is 18.8. The highest BCUT2D eigenvalue weighted by atomic mass is 16.5. The van der Waals surface area contributed by atoms with Gasteiger partial charge in [-0.25, -0.2) is 0 Å². The van der Waals surface area contributed by atoms with Gasteiger partial charge in [-0.1, -0.05) is 56.0 Å². The van der Waals surface area contributed by atoms with E-state index < -0.39 is 0 Å². The monoisotopic (exact) mass is 444 g/mol. The minimum absolute atomic E-state index is 0.00235. The van der Waals surface area contributed by atoms with Crippen molar-refractivity contribution in [2.24, 2.45) is 5.92 Å². The average Bonchev–Trinajstić information content (AvgIpc) is 3.33. The molecule has 3 aromatic rings. The van der Waals surface area contributed by atoms with Crippen LogP contribution < -0.4 is 9.47 Å². The van der Waals surface area contributed by atoms with Crippen LogP contribution in [0.4, 0.5) is 0 Å². The number of ketones is 1. The fraction of sp³-hybridized carbons (Fsp3) is 0.286. The molecule has 1 N–H and O–H groups in total. The van der Waals surface area contributed by atoms with Crippen LogP contribution in [0.3, 0.4) is 0 Å². The van der Waals surface area contributed by atoms with E-state index in [9.17, 15) is 14.7 Å². The van der Waals surface area contributed by atoms with E-state index in [-0.39, 0.29) is 11.5 Å². The van der Waals surface area contributed by atoms with Gasteiger partial charge in [-0.2, -0.15) is 0 Å². The Kier molecular flexibility index (Phi) is 7.08. The van der Waals surface area contributed by atoms with Gasteiger partial charge in [0.1, 0.15) is 23.9 Å². The smallest absolute Gasteiger partial charge is 0.298 e. The summed E-state index contributed by atoms with van der Waals surface area (Å²) < 4.78 is 10.9. The highest BCUT2D eigenvalue weighted by molar-refractivity contribution is 5.99. The van der Waals surface area contributed by atoms with E-state index in [1.807, 2.05) is 36.4 Å². The van der Waals surface area contributed by atoms with Crippen molar-refractivity contribution in [2.75, 3.05) is 0 Å². The molecule has 5 nitrogen and oxygen atoms in total. The van der Waals surface area contributed by atoms with E-state index in [1.165, 1.54) is 12.8 Å². The van der Waals surface area contributed by atoms with E-state index in [0.717, 1.165) is 29.5 Å². The van der Waals surface area contributed by atoms with E-state index in [1.54, 1.807) is 31.2 Å². The van der Waals surface area contributed by atoms with Gasteiger partial charge < -0.3 is 14.6 Å². The Balaban J connectivity index is 1.45. The van der Waals surface area contributed by atoms with E-state index in [0.29, 0.717) is 48.0 Å². The molecular formula is C28H28O5. The Morgan fingerprint density at radius 1 is 1.03 bits per heavy atom. The quantitative estimate of drug-likeness (QED) is 0.312. The number of benzene rings is 3. The first-order valence-corrected chi connectivity index (χ1v) is 11.3. The molecule has 4 rings (SSSR count). The molecule has 170 valence electrons. The van der Waals surface area contributed by atoms with Gasteiger partial charge in [0.25, 0.3) is 6.47 Å². The number of ether oxygens (including phenoxy) is 2. The molecule has 1 aliphatic rings. The minimum atomic E-state index is 0.00235. The molecule has 33 heavy (non-hydrogen) atoms. The fourth-order valence-electron chi connectivity index (χ4n) is 4.46. The van der Waals surface area contributed by atoms with Crippen LogP contribution in [0, 0.1) is 12.8 Å². The summed E-state index contributed by atoms with van der Waals surface area (Å²) in [6, 6.07) is 18.6. The number of hydrogen-bond donors (Lipinski definition) is 1. The van der Waals surface area contributed by atoms with Crippen LogP contribution in [-0.2, 0) is 11.4 Å². The fourth-order valence-corrected chi connectivity index (χ4v) is 4.46. The number of rotatable bonds is 9. The Morgan fingerprint density at radius 3 is 2.52 bits per heavy atom. The van der Waals surface area contributed by atoms with Crippen molar-refractivity contribution < 1.29 is 24.2 Å². The molecule has 5 heteroatoms. The van der Waals surface area contributed by atoms with E-state index in [4.69, 9.17) is 9.47 Å². The van der Waals surface area contributed by atoms with Gasteiger partial charge in [-0.05, 0) is 59.9 Å². The van der Waals surface area contributed by atoms with Gasteiger partial charge in [0.15, 0.2) is 5.78 Å². The van der Waals surface area contributed by atoms with Gasteiger partial charge in [0.05, 0.1) is 5.56 Å².